The Morgan fingerprint density at radius 2 is 2.22 bits per heavy atom. The van der Waals surface area contributed by atoms with Crippen LogP contribution in [-0.4, -0.2) is 39.7 Å². The normalized spacial score (nSPS) is 11.9. The van der Waals surface area contributed by atoms with Crippen molar-refractivity contribution in [1.29, 1.82) is 0 Å². The van der Waals surface area contributed by atoms with Crippen molar-refractivity contribution in [2.45, 2.75) is 26.0 Å². The molecule has 1 amide bonds. The van der Waals surface area contributed by atoms with Crippen molar-refractivity contribution in [3.63, 3.8) is 0 Å². The number of aromatic nitrogens is 2. The standard InChI is InChI=1S/C10H15N3O3S2/c1-4-16-8(14)5-17-6(2)9(15)11-10-13-12-7(3)18-10/h6H,4-5H2,1-3H3,(H,11,13,15). The third-order valence-electron chi connectivity index (χ3n) is 1.88. The molecule has 0 bridgehead atoms. The zero-order valence-corrected chi connectivity index (χ0v) is 12.1. The van der Waals surface area contributed by atoms with E-state index in [-0.39, 0.29) is 22.9 Å². The summed E-state index contributed by atoms with van der Waals surface area (Å²) in [5.74, 6) is -0.341. The predicted octanol–water partition coefficient (Wildman–Crippen LogP) is 1.47. The van der Waals surface area contributed by atoms with Gasteiger partial charge >= 0.3 is 5.97 Å². The highest BCUT2D eigenvalue weighted by Crippen LogP contribution is 2.17. The lowest BCUT2D eigenvalue weighted by Crippen LogP contribution is -2.24. The number of nitrogens with one attached hydrogen (secondary N) is 1. The second-order valence-corrected chi connectivity index (χ2v) is 5.88. The lowest BCUT2D eigenvalue weighted by Gasteiger charge is -2.09. The fraction of sp³-hybridized carbons (Fsp3) is 0.600. The van der Waals surface area contributed by atoms with Gasteiger partial charge in [-0.15, -0.1) is 22.0 Å². The number of aryl methyl sites for hydroxylation is 1. The summed E-state index contributed by atoms with van der Waals surface area (Å²) in [4.78, 5) is 22.9. The van der Waals surface area contributed by atoms with E-state index in [1.54, 1.807) is 13.8 Å². The van der Waals surface area contributed by atoms with Crippen molar-refractivity contribution in [3.8, 4) is 0 Å². The van der Waals surface area contributed by atoms with Crippen LogP contribution in [0.4, 0.5) is 5.13 Å². The van der Waals surface area contributed by atoms with Crippen molar-refractivity contribution >= 4 is 40.1 Å². The van der Waals surface area contributed by atoms with Gasteiger partial charge in [-0.3, -0.25) is 14.9 Å². The minimum Gasteiger partial charge on any atom is -0.465 e. The van der Waals surface area contributed by atoms with Crippen LogP contribution in [-0.2, 0) is 14.3 Å². The van der Waals surface area contributed by atoms with Crippen LogP contribution >= 0.6 is 23.1 Å². The molecule has 0 aromatic carbocycles. The molecule has 6 nitrogen and oxygen atoms in total. The molecule has 0 radical (unpaired) electrons. The molecule has 1 aromatic heterocycles. The molecule has 100 valence electrons. The van der Waals surface area contributed by atoms with E-state index < -0.39 is 0 Å². The largest absolute Gasteiger partial charge is 0.465 e. The van der Waals surface area contributed by atoms with Crippen LogP contribution in [0.3, 0.4) is 0 Å². The average Bonchev–Trinajstić information content (AvgIpc) is 2.72. The minimum atomic E-state index is -0.349. The van der Waals surface area contributed by atoms with E-state index in [4.69, 9.17) is 4.74 Å². The fourth-order valence-electron chi connectivity index (χ4n) is 1.03. The Balaban J connectivity index is 2.35. The highest BCUT2D eigenvalue weighted by atomic mass is 32.2. The van der Waals surface area contributed by atoms with Crippen molar-refractivity contribution in [1.82, 2.24) is 10.2 Å². The number of esters is 1. The van der Waals surface area contributed by atoms with Crippen molar-refractivity contribution in [2.24, 2.45) is 0 Å². The number of thioether (sulfide) groups is 1. The number of hydrogen-bond acceptors (Lipinski definition) is 7. The molecule has 8 heteroatoms. The van der Waals surface area contributed by atoms with Gasteiger partial charge in [0.15, 0.2) is 0 Å². The van der Waals surface area contributed by atoms with Gasteiger partial charge in [-0.2, -0.15) is 0 Å². The van der Waals surface area contributed by atoms with Crippen LogP contribution in [0.1, 0.15) is 18.9 Å². The molecule has 0 aliphatic rings. The molecule has 0 saturated heterocycles. The van der Waals surface area contributed by atoms with Gasteiger partial charge in [0.2, 0.25) is 11.0 Å². The van der Waals surface area contributed by atoms with Crippen LogP contribution in [0, 0.1) is 6.92 Å². The number of anilines is 1. The summed E-state index contributed by atoms with van der Waals surface area (Å²) < 4.78 is 4.78. The highest BCUT2D eigenvalue weighted by Gasteiger charge is 2.17. The van der Waals surface area contributed by atoms with Gasteiger partial charge in [0.1, 0.15) is 5.01 Å². The number of nitrogens with zero attached hydrogens (tertiary/aromatic N) is 2. The molecule has 1 unspecified atom stereocenters. The summed E-state index contributed by atoms with van der Waals surface area (Å²) in [7, 11) is 0. The van der Waals surface area contributed by atoms with Gasteiger partial charge in [-0.25, -0.2) is 0 Å². The van der Waals surface area contributed by atoms with Crippen molar-refractivity contribution in [2.75, 3.05) is 17.7 Å². The number of carbonyl (C=O) groups is 2. The topological polar surface area (TPSA) is 81.2 Å². The number of carbonyl (C=O) groups excluding carboxylic acids is 2. The van der Waals surface area contributed by atoms with E-state index in [1.165, 1.54) is 23.1 Å². The first kappa shape index (κ1) is 14.9. The SMILES string of the molecule is CCOC(=O)CSC(C)C(=O)Nc1nnc(C)s1. The van der Waals surface area contributed by atoms with Crippen molar-refractivity contribution in [3.05, 3.63) is 5.01 Å². The van der Waals surface area contributed by atoms with Crippen LogP contribution in [0.2, 0.25) is 0 Å². The zero-order chi connectivity index (χ0) is 13.5. The molecule has 1 rings (SSSR count). The molecule has 0 saturated carbocycles. The Hall–Kier alpha value is -1.15. The molecule has 1 N–H and O–H groups in total. The van der Waals surface area contributed by atoms with E-state index >= 15 is 0 Å². The van der Waals surface area contributed by atoms with Crippen molar-refractivity contribution < 1.29 is 14.3 Å². The van der Waals surface area contributed by atoms with E-state index in [2.05, 4.69) is 15.5 Å². The van der Waals surface area contributed by atoms with Crippen LogP contribution in [0.25, 0.3) is 0 Å². The molecule has 0 aliphatic carbocycles. The highest BCUT2D eigenvalue weighted by molar-refractivity contribution is 8.01. The zero-order valence-electron chi connectivity index (χ0n) is 10.4. The smallest absolute Gasteiger partial charge is 0.315 e. The maximum absolute atomic E-state index is 11.7. The van der Waals surface area contributed by atoms with E-state index in [1.807, 2.05) is 6.92 Å². The van der Waals surface area contributed by atoms with Gasteiger partial charge in [-0.05, 0) is 20.8 Å². The number of amides is 1. The molecule has 1 aromatic rings. The first-order valence-electron chi connectivity index (χ1n) is 5.41. The maximum atomic E-state index is 11.7. The minimum absolute atomic E-state index is 0.164. The molecule has 1 heterocycles. The van der Waals surface area contributed by atoms with E-state index in [9.17, 15) is 9.59 Å². The lowest BCUT2D eigenvalue weighted by molar-refractivity contribution is -0.139. The third kappa shape index (κ3) is 5.01. The summed E-state index contributed by atoms with van der Waals surface area (Å²) in [5.41, 5.74) is 0. The maximum Gasteiger partial charge on any atom is 0.315 e. The second kappa shape index (κ2) is 7.32. The summed E-state index contributed by atoms with van der Waals surface area (Å²) >= 11 is 2.54. The van der Waals surface area contributed by atoms with Crippen LogP contribution < -0.4 is 5.32 Å². The van der Waals surface area contributed by atoms with Crippen LogP contribution in [0.15, 0.2) is 0 Å². The first-order chi connectivity index (χ1) is 8.52. The summed E-state index contributed by atoms with van der Waals surface area (Å²) in [5, 5.41) is 11.2. The lowest BCUT2D eigenvalue weighted by atomic mass is 10.4. The Morgan fingerprint density at radius 3 is 2.78 bits per heavy atom. The Bertz CT molecular complexity index is 422. The average molecular weight is 289 g/mol. The molecule has 0 spiro atoms. The molecule has 0 aliphatic heterocycles. The monoisotopic (exact) mass is 289 g/mol. The van der Waals surface area contributed by atoms with Gasteiger partial charge in [0.05, 0.1) is 17.6 Å². The number of ether oxygens (including phenoxy) is 1. The van der Waals surface area contributed by atoms with Gasteiger partial charge in [-0.1, -0.05) is 11.3 Å². The Kier molecular flexibility index (Phi) is 6.06. The molecule has 18 heavy (non-hydrogen) atoms. The van der Waals surface area contributed by atoms with E-state index in [0.717, 1.165) is 5.01 Å². The Morgan fingerprint density at radius 1 is 1.50 bits per heavy atom. The summed E-state index contributed by atoms with van der Waals surface area (Å²) in [6, 6.07) is 0. The Labute approximate surface area is 114 Å². The molecular weight excluding hydrogens is 274 g/mol. The van der Waals surface area contributed by atoms with Gasteiger partial charge in [0, 0.05) is 0 Å². The van der Waals surface area contributed by atoms with Crippen LogP contribution in [0.5, 0.6) is 0 Å². The number of hydrogen-bond donors (Lipinski definition) is 1. The predicted molar refractivity (Wildman–Crippen MR) is 71.8 cm³/mol. The molecule has 0 fully saturated rings. The third-order valence-corrected chi connectivity index (χ3v) is 3.75. The number of rotatable bonds is 6. The molecule has 1 atom stereocenters. The van der Waals surface area contributed by atoms with E-state index in [0.29, 0.717) is 11.7 Å². The summed E-state index contributed by atoms with van der Waals surface area (Å²) in [6.07, 6.45) is 0. The molecular formula is C10H15N3O3S2. The van der Waals surface area contributed by atoms with Gasteiger partial charge < -0.3 is 4.74 Å². The summed E-state index contributed by atoms with van der Waals surface area (Å²) in [6.45, 7) is 5.64. The fourth-order valence-corrected chi connectivity index (χ4v) is 2.30. The van der Waals surface area contributed by atoms with Gasteiger partial charge in [0.25, 0.3) is 0 Å². The quantitative estimate of drug-likeness (QED) is 0.799. The second-order valence-electron chi connectivity index (χ2n) is 3.37. The first-order valence-corrected chi connectivity index (χ1v) is 7.27.